The Labute approximate surface area is 189 Å². The van der Waals surface area contributed by atoms with Gasteiger partial charge in [0, 0.05) is 48.8 Å². The van der Waals surface area contributed by atoms with Gasteiger partial charge in [-0.05, 0) is 51.8 Å². The average Bonchev–Trinajstić information content (AvgIpc) is 2.80. The van der Waals surface area contributed by atoms with Crippen molar-refractivity contribution in [2.75, 3.05) is 41.8 Å². The zero-order valence-corrected chi connectivity index (χ0v) is 18.6. The Kier molecular flexibility index (Phi) is 6.69. The number of halogens is 1. The maximum absolute atomic E-state index is 11.6. The summed E-state index contributed by atoms with van der Waals surface area (Å²) in [6.07, 6.45) is 1.74. The van der Waals surface area contributed by atoms with Crippen LogP contribution in [0.25, 0.3) is 0 Å². The van der Waals surface area contributed by atoms with Crippen LogP contribution in [0.15, 0.2) is 65.3 Å². The largest absolute Gasteiger partial charge is 0.380 e. The van der Waals surface area contributed by atoms with E-state index in [0.717, 1.165) is 47.7 Å². The summed E-state index contributed by atoms with van der Waals surface area (Å²) in [5, 5.41) is 6.69. The van der Waals surface area contributed by atoms with Gasteiger partial charge in [-0.25, -0.2) is 4.98 Å². The Morgan fingerprint density at radius 1 is 1.13 bits per heavy atom. The van der Waals surface area contributed by atoms with Crippen molar-refractivity contribution in [1.29, 1.82) is 0 Å². The Morgan fingerprint density at radius 3 is 2.61 bits per heavy atom. The molecule has 2 heterocycles. The third-order valence-electron chi connectivity index (χ3n) is 5.12. The number of nitrogens with zero attached hydrogens (tertiary/aromatic N) is 2. The fourth-order valence-electron chi connectivity index (χ4n) is 3.47. The molecule has 31 heavy (non-hydrogen) atoms. The number of primary amides is 1. The first kappa shape index (κ1) is 21.1. The number of anilines is 4. The molecule has 1 aromatic heterocycles. The molecule has 1 aliphatic heterocycles. The molecule has 8 heteroatoms. The van der Waals surface area contributed by atoms with Gasteiger partial charge in [0.05, 0.1) is 23.4 Å². The number of aromatic nitrogens is 1. The first-order valence-corrected chi connectivity index (χ1v) is 10.9. The second-order valence-corrected chi connectivity index (χ2v) is 8.05. The van der Waals surface area contributed by atoms with Gasteiger partial charge in [0.2, 0.25) is 5.91 Å². The lowest BCUT2D eigenvalue weighted by Gasteiger charge is -2.28. The molecule has 1 fully saturated rings. The Hall–Kier alpha value is -3.10. The molecular formula is C23H24BrN5O2. The number of pyridine rings is 1. The first-order chi connectivity index (χ1) is 15.1. The lowest BCUT2D eigenvalue weighted by Crippen LogP contribution is -2.36. The smallest absolute Gasteiger partial charge is 0.249 e. The van der Waals surface area contributed by atoms with E-state index in [-0.39, 0.29) is 0 Å². The number of benzene rings is 2. The summed E-state index contributed by atoms with van der Waals surface area (Å²) in [6.45, 7) is 3.82. The van der Waals surface area contributed by atoms with Crippen molar-refractivity contribution in [1.82, 2.24) is 4.98 Å². The monoisotopic (exact) mass is 481 g/mol. The fraction of sp³-hybridized carbons (Fsp3) is 0.217. The molecule has 2 aromatic carbocycles. The van der Waals surface area contributed by atoms with Crippen LogP contribution in [0, 0.1) is 0 Å². The molecule has 160 valence electrons. The quantitative estimate of drug-likeness (QED) is 0.469. The summed E-state index contributed by atoms with van der Waals surface area (Å²) in [5.74, 6) is 0.280. The van der Waals surface area contributed by atoms with E-state index in [0.29, 0.717) is 17.9 Å². The third-order valence-corrected chi connectivity index (χ3v) is 5.76. The van der Waals surface area contributed by atoms with Gasteiger partial charge in [0.25, 0.3) is 0 Å². The number of carbonyl (C=O) groups is 1. The molecule has 1 saturated heterocycles. The highest BCUT2D eigenvalue weighted by Crippen LogP contribution is 2.27. The molecule has 0 spiro atoms. The molecule has 0 saturated carbocycles. The van der Waals surface area contributed by atoms with Crippen molar-refractivity contribution in [3.05, 3.63) is 76.4 Å². The van der Waals surface area contributed by atoms with Gasteiger partial charge < -0.3 is 26.0 Å². The third kappa shape index (κ3) is 5.34. The molecule has 0 aliphatic carbocycles. The van der Waals surface area contributed by atoms with Gasteiger partial charge >= 0.3 is 0 Å². The highest BCUT2D eigenvalue weighted by atomic mass is 79.9. The van der Waals surface area contributed by atoms with E-state index in [1.54, 1.807) is 18.3 Å². The summed E-state index contributed by atoms with van der Waals surface area (Å²) in [5.41, 5.74) is 9.84. The van der Waals surface area contributed by atoms with E-state index in [2.05, 4.69) is 48.6 Å². The summed E-state index contributed by atoms with van der Waals surface area (Å²) >= 11 is 3.53. The van der Waals surface area contributed by atoms with Crippen LogP contribution in [0.4, 0.5) is 22.9 Å². The molecule has 0 radical (unpaired) electrons. The summed E-state index contributed by atoms with van der Waals surface area (Å²) in [6, 6.07) is 17.5. The lowest BCUT2D eigenvalue weighted by atomic mass is 10.1. The van der Waals surface area contributed by atoms with Gasteiger partial charge in [-0.2, -0.15) is 0 Å². The minimum atomic E-state index is -0.436. The zero-order valence-electron chi connectivity index (χ0n) is 17.0. The van der Waals surface area contributed by atoms with Crippen LogP contribution in [-0.4, -0.2) is 37.2 Å². The first-order valence-electron chi connectivity index (χ1n) is 10.1. The van der Waals surface area contributed by atoms with Gasteiger partial charge in [0.1, 0.15) is 5.82 Å². The van der Waals surface area contributed by atoms with Gasteiger partial charge in [-0.1, -0.05) is 18.2 Å². The number of ether oxygens (including phenoxy) is 1. The minimum Gasteiger partial charge on any atom is -0.380 e. The number of nitrogens with two attached hydrogens (primary N) is 1. The molecule has 4 rings (SSSR count). The number of carbonyl (C=O) groups excluding carboxylic acids is 1. The number of morpholine rings is 1. The molecule has 0 bridgehead atoms. The summed E-state index contributed by atoms with van der Waals surface area (Å²) in [4.78, 5) is 18.4. The van der Waals surface area contributed by atoms with Crippen LogP contribution >= 0.6 is 15.9 Å². The molecule has 1 amide bonds. The average molecular weight is 482 g/mol. The number of amides is 1. The second kappa shape index (κ2) is 9.80. The molecule has 1 aliphatic rings. The van der Waals surface area contributed by atoms with Crippen LogP contribution in [0.1, 0.15) is 15.9 Å². The Bertz CT molecular complexity index is 1050. The van der Waals surface area contributed by atoms with E-state index in [4.69, 9.17) is 10.5 Å². The molecule has 4 N–H and O–H groups in total. The number of rotatable bonds is 7. The van der Waals surface area contributed by atoms with Crippen LogP contribution in [0.2, 0.25) is 0 Å². The summed E-state index contributed by atoms with van der Waals surface area (Å²) < 4.78 is 6.25. The highest BCUT2D eigenvalue weighted by molar-refractivity contribution is 9.10. The van der Waals surface area contributed by atoms with Crippen molar-refractivity contribution < 1.29 is 9.53 Å². The fourth-order valence-corrected chi connectivity index (χ4v) is 3.83. The van der Waals surface area contributed by atoms with Gasteiger partial charge in [-0.15, -0.1) is 0 Å². The standard InChI is InChI=1S/C23H24BrN5O2/c24-20-15-27-22(13-21(20)26-14-16-3-1-2-4-19(16)23(25)30)28-17-5-7-18(8-6-17)29-9-11-31-12-10-29/h1-8,13,15H,9-12,14H2,(H2,25,30)(H2,26,27,28). The zero-order chi connectivity index (χ0) is 21.6. The molecule has 0 unspecified atom stereocenters. The van der Waals surface area contributed by atoms with Crippen LogP contribution in [0.5, 0.6) is 0 Å². The van der Waals surface area contributed by atoms with E-state index in [1.807, 2.05) is 30.3 Å². The maximum atomic E-state index is 11.6. The van der Waals surface area contributed by atoms with Crippen molar-refractivity contribution in [3.63, 3.8) is 0 Å². The molecule has 7 nitrogen and oxygen atoms in total. The van der Waals surface area contributed by atoms with E-state index < -0.39 is 5.91 Å². The normalized spacial score (nSPS) is 13.6. The Balaban J connectivity index is 1.43. The van der Waals surface area contributed by atoms with Crippen molar-refractivity contribution in [2.24, 2.45) is 5.73 Å². The SMILES string of the molecule is NC(=O)c1ccccc1CNc1cc(Nc2ccc(N3CCOCC3)cc2)ncc1Br. The number of hydrogen-bond acceptors (Lipinski definition) is 6. The van der Waals surface area contributed by atoms with Gasteiger partial charge in [0.15, 0.2) is 0 Å². The highest BCUT2D eigenvalue weighted by Gasteiger charge is 2.11. The maximum Gasteiger partial charge on any atom is 0.249 e. The van der Waals surface area contributed by atoms with E-state index in [9.17, 15) is 4.79 Å². The van der Waals surface area contributed by atoms with Crippen molar-refractivity contribution in [3.8, 4) is 0 Å². The number of nitrogens with one attached hydrogen (secondary N) is 2. The van der Waals surface area contributed by atoms with Crippen molar-refractivity contribution >= 4 is 44.7 Å². The van der Waals surface area contributed by atoms with E-state index >= 15 is 0 Å². The van der Waals surface area contributed by atoms with E-state index in [1.165, 1.54) is 5.69 Å². The predicted octanol–water partition coefficient (Wildman–Crippen LogP) is 4.14. The molecule has 3 aromatic rings. The minimum absolute atomic E-state index is 0.436. The predicted molar refractivity (Wildman–Crippen MR) is 127 cm³/mol. The second-order valence-electron chi connectivity index (χ2n) is 7.20. The topological polar surface area (TPSA) is 92.5 Å². The van der Waals surface area contributed by atoms with Crippen LogP contribution in [0.3, 0.4) is 0 Å². The van der Waals surface area contributed by atoms with Crippen LogP contribution < -0.4 is 21.3 Å². The summed E-state index contributed by atoms with van der Waals surface area (Å²) in [7, 11) is 0. The lowest BCUT2D eigenvalue weighted by molar-refractivity contribution is 0.0999. The molecular weight excluding hydrogens is 458 g/mol. The number of hydrogen-bond donors (Lipinski definition) is 3. The Morgan fingerprint density at radius 2 is 1.87 bits per heavy atom. The van der Waals surface area contributed by atoms with Crippen LogP contribution in [-0.2, 0) is 11.3 Å². The van der Waals surface area contributed by atoms with Gasteiger partial charge in [-0.3, -0.25) is 4.79 Å². The molecule has 0 atom stereocenters. The van der Waals surface area contributed by atoms with Crippen molar-refractivity contribution in [2.45, 2.75) is 6.54 Å².